The number of aromatic nitrogens is 3. The predicted octanol–water partition coefficient (Wildman–Crippen LogP) is 4.81. The van der Waals surface area contributed by atoms with Crippen molar-refractivity contribution < 1.29 is 0 Å². The summed E-state index contributed by atoms with van der Waals surface area (Å²) in [5, 5.41) is 12.2. The van der Waals surface area contributed by atoms with E-state index in [0.717, 1.165) is 36.7 Å². The van der Waals surface area contributed by atoms with E-state index in [4.69, 9.17) is 10.2 Å². The molecule has 1 N–H and O–H groups in total. The van der Waals surface area contributed by atoms with Gasteiger partial charge in [0.1, 0.15) is 17.6 Å². The second kappa shape index (κ2) is 8.46. The van der Waals surface area contributed by atoms with Gasteiger partial charge in [0.15, 0.2) is 0 Å². The van der Waals surface area contributed by atoms with Crippen molar-refractivity contribution in [3.63, 3.8) is 0 Å². The molecule has 3 aromatic heterocycles. The first-order chi connectivity index (χ1) is 14.1. The third-order valence-electron chi connectivity index (χ3n) is 5.41. The normalized spacial score (nSPS) is 16.8. The molecule has 6 nitrogen and oxygen atoms in total. The Labute approximate surface area is 171 Å². The first-order valence-corrected chi connectivity index (χ1v) is 10.1. The largest absolute Gasteiger partial charge is 0.348 e. The lowest BCUT2D eigenvalue weighted by atomic mass is 10.1. The van der Waals surface area contributed by atoms with Gasteiger partial charge in [-0.1, -0.05) is 6.07 Å². The first-order valence-electron chi connectivity index (χ1n) is 10.1. The molecule has 0 bridgehead atoms. The second-order valence-electron chi connectivity index (χ2n) is 7.75. The fourth-order valence-electron chi connectivity index (χ4n) is 4.01. The van der Waals surface area contributed by atoms with Crippen molar-refractivity contribution in [3.05, 3.63) is 71.9 Å². The third-order valence-corrected chi connectivity index (χ3v) is 5.41. The number of hydrogen-bond acceptors (Lipinski definition) is 5. The van der Waals surface area contributed by atoms with Crippen molar-refractivity contribution in [1.82, 2.24) is 19.4 Å². The van der Waals surface area contributed by atoms with Crippen LogP contribution in [0.15, 0.2) is 54.9 Å². The van der Waals surface area contributed by atoms with Crippen molar-refractivity contribution in [2.75, 3.05) is 11.9 Å². The van der Waals surface area contributed by atoms with E-state index < -0.39 is 0 Å². The summed E-state index contributed by atoms with van der Waals surface area (Å²) in [6, 6.07) is 16.9. The van der Waals surface area contributed by atoms with Crippen molar-refractivity contribution in [2.24, 2.45) is 0 Å². The molecule has 4 rings (SSSR count). The molecule has 1 atom stereocenters. The van der Waals surface area contributed by atoms with Crippen LogP contribution in [0.1, 0.15) is 55.9 Å². The number of rotatable bonds is 6. The quantitative estimate of drug-likeness (QED) is 0.658. The summed E-state index contributed by atoms with van der Waals surface area (Å²) in [5.41, 5.74) is 3.68. The van der Waals surface area contributed by atoms with Crippen LogP contribution in [0.3, 0.4) is 0 Å². The van der Waals surface area contributed by atoms with E-state index in [9.17, 15) is 0 Å². The highest BCUT2D eigenvalue weighted by atomic mass is 15.2. The Morgan fingerprint density at radius 2 is 2.10 bits per heavy atom. The smallest absolute Gasteiger partial charge is 0.140 e. The average Bonchev–Trinajstić information content (AvgIpc) is 3.39. The molecule has 1 aliphatic rings. The van der Waals surface area contributed by atoms with E-state index in [2.05, 4.69) is 64.1 Å². The van der Waals surface area contributed by atoms with Crippen molar-refractivity contribution in [1.29, 1.82) is 5.26 Å². The lowest BCUT2D eigenvalue weighted by Crippen LogP contribution is -2.25. The van der Waals surface area contributed by atoms with E-state index in [1.54, 1.807) is 12.3 Å². The maximum atomic E-state index is 8.89. The van der Waals surface area contributed by atoms with Gasteiger partial charge in [0, 0.05) is 24.5 Å². The molecule has 3 aromatic rings. The summed E-state index contributed by atoms with van der Waals surface area (Å²) in [5.74, 6) is 0.798. The van der Waals surface area contributed by atoms with E-state index in [-0.39, 0.29) is 0 Å². The second-order valence-corrected chi connectivity index (χ2v) is 7.75. The molecule has 1 fully saturated rings. The number of hydrogen-bond donors (Lipinski definition) is 1. The summed E-state index contributed by atoms with van der Waals surface area (Å²) in [6.07, 6.45) is 6.14. The van der Waals surface area contributed by atoms with Gasteiger partial charge in [-0.25, -0.2) is 9.97 Å². The maximum Gasteiger partial charge on any atom is 0.140 e. The van der Waals surface area contributed by atoms with Gasteiger partial charge in [-0.2, -0.15) is 5.26 Å². The van der Waals surface area contributed by atoms with E-state index >= 15 is 0 Å². The highest BCUT2D eigenvalue weighted by Gasteiger charge is 2.28. The Morgan fingerprint density at radius 3 is 2.86 bits per heavy atom. The summed E-state index contributed by atoms with van der Waals surface area (Å²) in [6.45, 7) is 6.47. The van der Waals surface area contributed by atoms with E-state index in [1.165, 1.54) is 12.1 Å². The molecule has 4 heterocycles. The monoisotopic (exact) mass is 386 g/mol. The number of nitrogens with one attached hydrogen (secondary N) is 1. The van der Waals surface area contributed by atoms with Gasteiger partial charge in [0.05, 0.1) is 23.6 Å². The minimum Gasteiger partial charge on any atom is -0.348 e. The summed E-state index contributed by atoms with van der Waals surface area (Å²) in [4.78, 5) is 11.5. The molecular formula is C23H26N6. The molecule has 29 heavy (non-hydrogen) atoms. The Kier molecular flexibility index (Phi) is 5.59. The molecule has 148 valence electrons. The van der Waals surface area contributed by atoms with Crippen molar-refractivity contribution in [3.8, 4) is 6.07 Å². The molecule has 0 aromatic carbocycles. The summed E-state index contributed by atoms with van der Waals surface area (Å²) in [7, 11) is 0. The highest BCUT2D eigenvalue weighted by Crippen LogP contribution is 2.33. The minimum absolute atomic E-state index is 0.325. The van der Waals surface area contributed by atoms with Gasteiger partial charge in [-0.05, 0) is 69.6 Å². The van der Waals surface area contributed by atoms with Gasteiger partial charge in [0.2, 0.25) is 0 Å². The van der Waals surface area contributed by atoms with Crippen LogP contribution in [0, 0.1) is 11.3 Å². The van der Waals surface area contributed by atoms with Gasteiger partial charge in [-0.15, -0.1) is 0 Å². The summed E-state index contributed by atoms with van der Waals surface area (Å²) >= 11 is 0. The number of nitrogens with zero attached hydrogens (tertiary/aromatic N) is 5. The summed E-state index contributed by atoms with van der Waals surface area (Å²) < 4.78 is 2.35. The predicted molar refractivity (Wildman–Crippen MR) is 114 cm³/mol. The highest BCUT2D eigenvalue weighted by molar-refractivity contribution is 5.55. The molecule has 1 unspecified atom stereocenters. The van der Waals surface area contributed by atoms with Crippen LogP contribution in [-0.2, 0) is 6.54 Å². The number of nitriles is 1. The Hall–Kier alpha value is -3.17. The standard InChI is InChI=1S/C23H26N6/c1-17(2)29-13-4-6-20(29)16-28-12-5-8-22(28)21-7-3-9-23(27-21)26-19-11-10-18(14-24)25-15-19/h3-4,6-7,9-11,13,15,17,22H,5,8,12,16H2,1-2H3,(H,26,27). The Bertz CT molecular complexity index is 999. The molecule has 1 saturated heterocycles. The van der Waals surface area contributed by atoms with Gasteiger partial charge < -0.3 is 9.88 Å². The fraction of sp³-hybridized carbons (Fsp3) is 0.348. The molecule has 1 aliphatic heterocycles. The van der Waals surface area contributed by atoms with Crippen LogP contribution in [0.2, 0.25) is 0 Å². The maximum absolute atomic E-state index is 8.89. The molecule has 0 radical (unpaired) electrons. The topological polar surface area (TPSA) is 69.8 Å². The molecule has 0 aliphatic carbocycles. The molecule has 6 heteroatoms. The first kappa shape index (κ1) is 19.2. The zero-order chi connectivity index (χ0) is 20.2. The average molecular weight is 387 g/mol. The lowest BCUT2D eigenvalue weighted by Gasteiger charge is -2.26. The van der Waals surface area contributed by atoms with Crippen LogP contribution < -0.4 is 5.32 Å². The van der Waals surface area contributed by atoms with Crippen LogP contribution in [0.25, 0.3) is 0 Å². The number of anilines is 2. The van der Waals surface area contributed by atoms with Crippen molar-refractivity contribution >= 4 is 11.5 Å². The van der Waals surface area contributed by atoms with Gasteiger partial charge in [-0.3, -0.25) is 4.90 Å². The van der Waals surface area contributed by atoms with Crippen LogP contribution in [0.5, 0.6) is 0 Å². The van der Waals surface area contributed by atoms with Crippen LogP contribution in [-0.4, -0.2) is 26.0 Å². The lowest BCUT2D eigenvalue weighted by molar-refractivity contribution is 0.237. The Balaban J connectivity index is 1.50. The SMILES string of the molecule is CC(C)n1cccc1CN1CCCC1c1cccc(Nc2ccc(C#N)nc2)n1. The minimum atomic E-state index is 0.325. The van der Waals surface area contributed by atoms with Crippen LogP contribution >= 0.6 is 0 Å². The zero-order valence-corrected chi connectivity index (χ0v) is 16.9. The third kappa shape index (κ3) is 4.30. The van der Waals surface area contributed by atoms with E-state index in [1.807, 2.05) is 18.2 Å². The Morgan fingerprint density at radius 1 is 1.21 bits per heavy atom. The molecule has 0 spiro atoms. The molecular weight excluding hydrogens is 360 g/mol. The van der Waals surface area contributed by atoms with E-state index in [0.29, 0.717) is 17.8 Å². The fourth-order valence-corrected chi connectivity index (χ4v) is 4.01. The van der Waals surface area contributed by atoms with Gasteiger partial charge in [0.25, 0.3) is 0 Å². The molecule has 0 amide bonds. The number of pyridine rings is 2. The van der Waals surface area contributed by atoms with Gasteiger partial charge >= 0.3 is 0 Å². The molecule has 0 saturated carbocycles. The number of likely N-dealkylation sites (tertiary alicyclic amines) is 1. The van der Waals surface area contributed by atoms with Crippen molar-refractivity contribution in [2.45, 2.75) is 45.3 Å². The zero-order valence-electron chi connectivity index (χ0n) is 16.9. The van der Waals surface area contributed by atoms with Crippen LogP contribution in [0.4, 0.5) is 11.5 Å².